The normalized spacial score (nSPS) is 13.0. The summed E-state index contributed by atoms with van der Waals surface area (Å²) in [5.41, 5.74) is 1.36. The van der Waals surface area contributed by atoms with Crippen LogP contribution in [0.25, 0.3) is 0 Å². The van der Waals surface area contributed by atoms with Crippen LogP contribution in [0.3, 0.4) is 0 Å². The van der Waals surface area contributed by atoms with Crippen molar-refractivity contribution < 1.29 is 4.39 Å². The second-order valence-electron chi connectivity index (χ2n) is 5.84. The highest BCUT2D eigenvalue weighted by Gasteiger charge is 2.23. The van der Waals surface area contributed by atoms with E-state index in [0.717, 1.165) is 6.42 Å². The lowest BCUT2D eigenvalue weighted by atomic mass is 9.79. The van der Waals surface area contributed by atoms with Gasteiger partial charge in [0.1, 0.15) is 5.82 Å². The first-order chi connectivity index (χ1) is 9.47. The van der Waals surface area contributed by atoms with E-state index in [2.05, 4.69) is 55.3 Å². The van der Waals surface area contributed by atoms with E-state index in [-0.39, 0.29) is 11.5 Å². The molecule has 0 aliphatic rings. The largest absolute Gasteiger partial charge is 0.367 e. The standard InChI is InChI=1S/C17H21FN2/c1-13(19-16-11-7-10-15(18)20-16)12-17(2,3)14-8-5-4-6-9-14/h4-11,13H,12H2,1-3H3,(H,19,20). The van der Waals surface area contributed by atoms with Crippen LogP contribution < -0.4 is 5.32 Å². The first-order valence-corrected chi connectivity index (χ1v) is 6.92. The number of nitrogens with one attached hydrogen (secondary N) is 1. The van der Waals surface area contributed by atoms with Gasteiger partial charge in [0.15, 0.2) is 0 Å². The molecule has 1 aromatic heterocycles. The van der Waals surface area contributed by atoms with Crippen LogP contribution in [0.5, 0.6) is 0 Å². The number of hydrogen-bond donors (Lipinski definition) is 1. The molecule has 0 aliphatic carbocycles. The number of benzene rings is 1. The monoisotopic (exact) mass is 272 g/mol. The minimum atomic E-state index is -0.454. The summed E-state index contributed by atoms with van der Waals surface area (Å²) in [6.07, 6.45) is 0.940. The lowest BCUT2D eigenvalue weighted by Gasteiger charge is -2.29. The maximum Gasteiger partial charge on any atom is 0.214 e. The third-order valence-corrected chi connectivity index (χ3v) is 3.48. The van der Waals surface area contributed by atoms with Gasteiger partial charge in [0.2, 0.25) is 5.95 Å². The molecule has 2 nitrogen and oxygen atoms in total. The van der Waals surface area contributed by atoms with Crippen molar-refractivity contribution in [2.24, 2.45) is 0 Å². The first-order valence-electron chi connectivity index (χ1n) is 6.92. The summed E-state index contributed by atoms with van der Waals surface area (Å²) in [4.78, 5) is 3.84. The molecule has 2 aromatic rings. The number of pyridine rings is 1. The molecule has 0 spiro atoms. The maximum atomic E-state index is 13.1. The molecule has 0 amide bonds. The lowest BCUT2D eigenvalue weighted by Crippen LogP contribution is -2.28. The third-order valence-electron chi connectivity index (χ3n) is 3.48. The number of rotatable bonds is 5. The molecule has 1 atom stereocenters. The van der Waals surface area contributed by atoms with Crippen molar-refractivity contribution in [2.75, 3.05) is 5.32 Å². The molecule has 0 saturated carbocycles. The van der Waals surface area contributed by atoms with Crippen molar-refractivity contribution in [3.05, 3.63) is 60.0 Å². The minimum Gasteiger partial charge on any atom is -0.367 e. The molecule has 0 radical (unpaired) electrons. The average Bonchev–Trinajstić information content (AvgIpc) is 2.39. The predicted molar refractivity (Wildman–Crippen MR) is 81.4 cm³/mol. The van der Waals surface area contributed by atoms with Gasteiger partial charge in [-0.1, -0.05) is 50.2 Å². The number of halogens is 1. The molecule has 1 unspecified atom stereocenters. The second-order valence-corrected chi connectivity index (χ2v) is 5.84. The lowest BCUT2D eigenvalue weighted by molar-refractivity contribution is 0.449. The Bertz CT molecular complexity index is 552. The SMILES string of the molecule is CC(CC(C)(C)c1ccccc1)Nc1cccc(F)n1. The zero-order valence-electron chi connectivity index (χ0n) is 12.2. The Balaban J connectivity index is 2.02. The van der Waals surface area contributed by atoms with E-state index in [4.69, 9.17) is 0 Å². The highest BCUT2D eigenvalue weighted by molar-refractivity contribution is 5.35. The van der Waals surface area contributed by atoms with Gasteiger partial charge in [-0.2, -0.15) is 4.39 Å². The highest BCUT2D eigenvalue weighted by atomic mass is 19.1. The van der Waals surface area contributed by atoms with Gasteiger partial charge in [0.05, 0.1) is 0 Å². The van der Waals surface area contributed by atoms with Crippen LogP contribution in [0, 0.1) is 5.95 Å². The number of aromatic nitrogens is 1. The summed E-state index contributed by atoms with van der Waals surface area (Å²) >= 11 is 0. The number of hydrogen-bond acceptors (Lipinski definition) is 2. The van der Waals surface area contributed by atoms with Crippen LogP contribution >= 0.6 is 0 Å². The van der Waals surface area contributed by atoms with Crippen molar-refractivity contribution in [2.45, 2.75) is 38.6 Å². The Morgan fingerprint density at radius 1 is 1.10 bits per heavy atom. The summed E-state index contributed by atoms with van der Waals surface area (Å²) in [5.74, 6) is 0.130. The second kappa shape index (κ2) is 6.04. The Hall–Kier alpha value is -1.90. The quantitative estimate of drug-likeness (QED) is 0.817. The molecule has 1 heterocycles. The van der Waals surface area contributed by atoms with E-state index in [1.807, 2.05) is 6.07 Å². The maximum absolute atomic E-state index is 13.1. The summed E-state index contributed by atoms with van der Waals surface area (Å²) in [6, 6.07) is 15.4. The molecular weight excluding hydrogens is 251 g/mol. The molecule has 1 N–H and O–H groups in total. The van der Waals surface area contributed by atoms with Crippen molar-refractivity contribution in [1.82, 2.24) is 4.98 Å². The fourth-order valence-electron chi connectivity index (χ4n) is 2.56. The molecule has 106 valence electrons. The number of anilines is 1. The van der Waals surface area contributed by atoms with Gasteiger partial charge in [-0.15, -0.1) is 0 Å². The Morgan fingerprint density at radius 2 is 1.80 bits per heavy atom. The summed E-state index contributed by atoms with van der Waals surface area (Å²) < 4.78 is 13.1. The third kappa shape index (κ3) is 3.80. The van der Waals surface area contributed by atoms with Crippen LogP contribution in [0.4, 0.5) is 10.2 Å². The average molecular weight is 272 g/mol. The van der Waals surface area contributed by atoms with Gasteiger partial charge in [-0.05, 0) is 36.5 Å². The van der Waals surface area contributed by atoms with E-state index < -0.39 is 5.95 Å². The molecule has 3 heteroatoms. The fourth-order valence-corrected chi connectivity index (χ4v) is 2.56. The highest BCUT2D eigenvalue weighted by Crippen LogP contribution is 2.28. The predicted octanol–water partition coefficient (Wildman–Crippen LogP) is 4.39. The van der Waals surface area contributed by atoms with Gasteiger partial charge in [-0.3, -0.25) is 0 Å². The summed E-state index contributed by atoms with van der Waals surface area (Å²) in [5, 5.41) is 3.26. The van der Waals surface area contributed by atoms with Gasteiger partial charge >= 0.3 is 0 Å². The van der Waals surface area contributed by atoms with E-state index in [9.17, 15) is 4.39 Å². The minimum absolute atomic E-state index is 0.0565. The van der Waals surface area contributed by atoms with Crippen LogP contribution in [0.1, 0.15) is 32.8 Å². The Morgan fingerprint density at radius 3 is 2.45 bits per heavy atom. The fraction of sp³-hybridized carbons (Fsp3) is 0.353. The first kappa shape index (κ1) is 14.5. The van der Waals surface area contributed by atoms with Crippen LogP contribution in [-0.4, -0.2) is 11.0 Å². The van der Waals surface area contributed by atoms with Crippen molar-refractivity contribution in [3.63, 3.8) is 0 Å². The van der Waals surface area contributed by atoms with Gasteiger partial charge in [0.25, 0.3) is 0 Å². The zero-order valence-corrected chi connectivity index (χ0v) is 12.2. The van der Waals surface area contributed by atoms with Crippen LogP contribution in [-0.2, 0) is 5.41 Å². The van der Waals surface area contributed by atoms with E-state index in [1.54, 1.807) is 12.1 Å². The molecule has 2 rings (SSSR count). The Kier molecular flexibility index (Phi) is 4.38. The molecule has 20 heavy (non-hydrogen) atoms. The van der Waals surface area contributed by atoms with Crippen LogP contribution in [0.15, 0.2) is 48.5 Å². The van der Waals surface area contributed by atoms with Gasteiger partial charge in [-0.25, -0.2) is 4.98 Å². The Labute approximate surface area is 120 Å². The number of nitrogens with zero attached hydrogens (tertiary/aromatic N) is 1. The van der Waals surface area contributed by atoms with Crippen molar-refractivity contribution in [1.29, 1.82) is 0 Å². The molecule has 1 aromatic carbocycles. The van der Waals surface area contributed by atoms with Crippen LogP contribution in [0.2, 0.25) is 0 Å². The molecule has 0 aliphatic heterocycles. The smallest absolute Gasteiger partial charge is 0.214 e. The van der Waals surface area contributed by atoms with Gasteiger partial charge < -0.3 is 5.32 Å². The van der Waals surface area contributed by atoms with Crippen molar-refractivity contribution in [3.8, 4) is 0 Å². The molecule has 0 bridgehead atoms. The summed E-state index contributed by atoms with van der Waals surface area (Å²) in [6.45, 7) is 6.54. The van der Waals surface area contributed by atoms with E-state index >= 15 is 0 Å². The zero-order chi connectivity index (χ0) is 14.6. The molecule has 0 saturated heterocycles. The van der Waals surface area contributed by atoms with E-state index in [0.29, 0.717) is 5.82 Å². The topological polar surface area (TPSA) is 24.9 Å². The summed E-state index contributed by atoms with van der Waals surface area (Å²) in [7, 11) is 0. The molecular formula is C17H21FN2. The van der Waals surface area contributed by atoms with Crippen molar-refractivity contribution >= 4 is 5.82 Å². The van der Waals surface area contributed by atoms with E-state index in [1.165, 1.54) is 11.6 Å². The molecule has 0 fully saturated rings. The van der Waals surface area contributed by atoms with Gasteiger partial charge in [0, 0.05) is 6.04 Å².